The topological polar surface area (TPSA) is 63.0 Å². The third-order valence-electron chi connectivity index (χ3n) is 5.76. The molecule has 7 nitrogen and oxygen atoms in total. The molecule has 0 aliphatic carbocycles. The van der Waals surface area contributed by atoms with Crippen molar-refractivity contribution in [2.24, 2.45) is 0 Å². The molecule has 0 spiro atoms. The van der Waals surface area contributed by atoms with Crippen LogP contribution in [0.2, 0.25) is 0 Å². The Bertz CT molecular complexity index is 1010. The molecular weight excluding hydrogens is 378 g/mol. The fraction of sp³-hybridized carbons (Fsp3) is 0.435. The maximum Gasteiger partial charge on any atom is 0.274 e. The number of likely N-dealkylation sites (tertiary alicyclic amines) is 1. The SMILES string of the molecule is COc1ccc(-c2ccnc3cc(C(=O)N4CCCCC4CCN(C)C)nn23)cc1. The molecule has 7 heteroatoms. The number of aromatic nitrogens is 3. The van der Waals surface area contributed by atoms with E-state index in [4.69, 9.17) is 4.74 Å². The highest BCUT2D eigenvalue weighted by Gasteiger charge is 2.29. The quantitative estimate of drug-likeness (QED) is 0.627. The zero-order valence-corrected chi connectivity index (χ0v) is 17.9. The van der Waals surface area contributed by atoms with Gasteiger partial charge < -0.3 is 14.5 Å². The summed E-state index contributed by atoms with van der Waals surface area (Å²) >= 11 is 0. The van der Waals surface area contributed by atoms with Crippen LogP contribution in [0.25, 0.3) is 16.9 Å². The van der Waals surface area contributed by atoms with E-state index in [0.29, 0.717) is 11.3 Å². The molecule has 0 radical (unpaired) electrons. The van der Waals surface area contributed by atoms with E-state index in [-0.39, 0.29) is 11.9 Å². The van der Waals surface area contributed by atoms with Gasteiger partial charge in [0.05, 0.1) is 12.8 Å². The van der Waals surface area contributed by atoms with Crippen molar-refractivity contribution in [2.45, 2.75) is 31.7 Å². The van der Waals surface area contributed by atoms with Gasteiger partial charge in [-0.3, -0.25) is 4.79 Å². The summed E-state index contributed by atoms with van der Waals surface area (Å²) in [5.41, 5.74) is 3.02. The maximum atomic E-state index is 13.3. The Hall–Kier alpha value is -2.93. The van der Waals surface area contributed by atoms with Crippen molar-refractivity contribution in [1.82, 2.24) is 24.4 Å². The minimum atomic E-state index is 0.00429. The fourth-order valence-corrected chi connectivity index (χ4v) is 4.10. The number of ether oxygens (including phenoxy) is 1. The highest BCUT2D eigenvalue weighted by atomic mass is 16.5. The number of amides is 1. The molecule has 30 heavy (non-hydrogen) atoms. The van der Waals surface area contributed by atoms with E-state index in [2.05, 4.69) is 29.1 Å². The molecular formula is C23H29N5O2. The summed E-state index contributed by atoms with van der Waals surface area (Å²) in [5, 5.41) is 4.66. The number of carbonyl (C=O) groups is 1. The average molecular weight is 408 g/mol. The number of benzene rings is 1. The van der Waals surface area contributed by atoms with Crippen molar-refractivity contribution in [1.29, 1.82) is 0 Å². The molecule has 0 N–H and O–H groups in total. The normalized spacial score (nSPS) is 16.9. The summed E-state index contributed by atoms with van der Waals surface area (Å²) in [4.78, 5) is 22.0. The van der Waals surface area contributed by atoms with Crippen LogP contribution in [-0.4, -0.2) is 70.6 Å². The lowest BCUT2D eigenvalue weighted by molar-refractivity contribution is 0.0585. The van der Waals surface area contributed by atoms with Gasteiger partial charge in [0.25, 0.3) is 5.91 Å². The Balaban J connectivity index is 1.63. The molecule has 0 bridgehead atoms. The molecule has 1 atom stereocenters. The fourth-order valence-electron chi connectivity index (χ4n) is 4.10. The van der Waals surface area contributed by atoms with Gasteiger partial charge >= 0.3 is 0 Å². The second kappa shape index (κ2) is 8.83. The molecule has 1 aliphatic rings. The molecule has 3 heterocycles. The van der Waals surface area contributed by atoms with Gasteiger partial charge in [0, 0.05) is 30.4 Å². The molecule has 1 fully saturated rings. The minimum absolute atomic E-state index is 0.00429. The molecule has 1 amide bonds. The van der Waals surface area contributed by atoms with Gasteiger partial charge in [-0.15, -0.1) is 0 Å². The minimum Gasteiger partial charge on any atom is -0.497 e. The first-order chi connectivity index (χ1) is 14.6. The lowest BCUT2D eigenvalue weighted by Gasteiger charge is -2.36. The predicted molar refractivity (Wildman–Crippen MR) is 117 cm³/mol. The average Bonchev–Trinajstić information content (AvgIpc) is 3.22. The molecule has 2 aromatic heterocycles. The Labute approximate surface area is 177 Å². The van der Waals surface area contributed by atoms with Crippen LogP contribution in [0.4, 0.5) is 0 Å². The van der Waals surface area contributed by atoms with E-state index >= 15 is 0 Å². The third kappa shape index (κ3) is 4.16. The van der Waals surface area contributed by atoms with Crippen LogP contribution in [0.5, 0.6) is 5.75 Å². The first kappa shape index (κ1) is 20.3. The molecule has 4 rings (SSSR count). The zero-order chi connectivity index (χ0) is 21.1. The smallest absolute Gasteiger partial charge is 0.274 e. The first-order valence-electron chi connectivity index (χ1n) is 10.5. The largest absolute Gasteiger partial charge is 0.497 e. The van der Waals surface area contributed by atoms with Gasteiger partial charge in [0.2, 0.25) is 0 Å². The number of rotatable bonds is 6. The first-order valence-corrected chi connectivity index (χ1v) is 10.5. The monoisotopic (exact) mass is 407 g/mol. The zero-order valence-electron chi connectivity index (χ0n) is 17.9. The van der Waals surface area contributed by atoms with Crippen LogP contribution in [-0.2, 0) is 0 Å². The lowest BCUT2D eigenvalue weighted by atomic mass is 9.98. The molecule has 1 aliphatic heterocycles. The Morgan fingerprint density at radius 3 is 2.73 bits per heavy atom. The number of hydrogen-bond acceptors (Lipinski definition) is 5. The van der Waals surface area contributed by atoms with E-state index in [1.54, 1.807) is 23.9 Å². The predicted octanol–water partition coefficient (Wildman–Crippen LogP) is 3.35. The van der Waals surface area contributed by atoms with Gasteiger partial charge in [-0.05, 0) is 76.7 Å². The van der Waals surface area contributed by atoms with Crippen molar-refractivity contribution in [3.63, 3.8) is 0 Å². The summed E-state index contributed by atoms with van der Waals surface area (Å²) in [6, 6.07) is 11.8. The van der Waals surface area contributed by atoms with Crippen molar-refractivity contribution in [3.05, 3.63) is 48.3 Å². The van der Waals surface area contributed by atoms with Crippen molar-refractivity contribution >= 4 is 11.6 Å². The molecule has 158 valence electrons. The molecule has 1 aromatic carbocycles. The van der Waals surface area contributed by atoms with Crippen LogP contribution in [0.1, 0.15) is 36.2 Å². The Kier molecular flexibility index (Phi) is 5.99. The molecule has 1 saturated heterocycles. The van der Waals surface area contributed by atoms with Gasteiger partial charge in [0.1, 0.15) is 5.75 Å². The Morgan fingerprint density at radius 1 is 1.20 bits per heavy atom. The third-order valence-corrected chi connectivity index (χ3v) is 5.76. The van der Waals surface area contributed by atoms with Gasteiger partial charge in [-0.25, -0.2) is 9.50 Å². The van der Waals surface area contributed by atoms with Gasteiger partial charge in [0.15, 0.2) is 11.3 Å². The second-order valence-electron chi connectivity index (χ2n) is 8.10. The summed E-state index contributed by atoms with van der Waals surface area (Å²) in [7, 11) is 5.80. The summed E-state index contributed by atoms with van der Waals surface area (Å²) in [6.45, 7) is 1.77. The van der Waals surface area contributed by atoms with E-state index in [0.717, 1.165) is 49.4 Å². The number of nitrogens with zero attached hydrogens (tertiary/aromatic N) is 5. The second-order valence-corrected chi connectivity index (χ2v) is 8.10. The van der Waals surface area contributed by atoms with E-state index in [9.17, 15) is 4.79 Å². The van der Waals surface area contributed by atoms with Crippen molar-refractivity contribution in [3.8, 4) is 17.0 Å². The number of hydrogen-bond donors (Lipinski definition) is 0. The number of fused-ring (bicyclic) bond motifs is 1. The van der Waals surface area contributed by atoms with Crippen LogP contribution >= 0.6 is 0 Å². The summed E-state index contributed by atoms with van der Waals surface area (Å²) in [6.07, 6.45) is 6.03. The van der Waals surface area contributed by atoms with E-state index in [1.807, 2.05) is 35.2 Å². The maximum absolute atomic E-state index is 13.3. The highest BCUT2D eigenvalue weighted by molar-refractivity contribution is 5.93. The van der Waals surface area contributed by atoms with Gasteiger partial charge in [-0.1, -0.05) is 0 Å². The van der Waals surface area contributed by atoms with Crippen molar-refractivity contribution in [2.75, 3.05) is 34.3 Å². The lowest BCUT2D eigenvalue weighted by Crippen LogP contribution is -2.45. The Morgan fingerprint density at radius 2 is 2.00 bits per heavy atom. The van der Waals surface area contributed by atoms with Crippen LogP contribution in [0.3, 0.4) is 0 Å². The number of piperidine rings is 1. The summed E-state index contributed by atoms with van der Waals surface area (Å²) in [5.74, 6) is 0.805. The van der Waals surface area contributed by atoms with E-state index in [1.165, 1.54) is 6.42 Å². The number of carbonyl (C=O) groups excluding carboxylic acids is 1. The van der Waals surface area contributed by atoms with Crippen LogP contribution in [0, 0.1) is 0 Å². The van der Waals surface area contributed by atoms with Gasteiger partial charge in [-0.2, -0.15) is 5.10 Å². The molecule has 0 saturated carbocycles. The van der Waals surface area contributed by atoms with Crippen LogP contribution < -0.4 is 4.74 Å². The van der Waals surface area contributed by atoms with Crippen LogP contribution in [0.15, 0.2) is 42.6 Å². The summed E-state index contributed by atoms with van der Waals surface area (Å²) < 4.78 is 7.01. The van der Waals surface area contributed by atoms with E-state index < -0.39 is 0 Å². The molecule has 3 aromatic rings. The van der Waals surface area contributed by atoms with Crippen molar-refractivity contribution < 1.29 is 9.53 Å². The number of methoxy groups -OCH3 is 1. The standard InChI is InChI=1S/C23H29N5O2/c1-26(2)15-12-18-6-4-5-14-27(18)23(29)20-16-22-24-13-11-21(28(22)25-20)17-7-9-19(30-3)10-8-17/h7-11,13,16,18H,4-6,12,14-15H2,1-3H3. The highest BCUT2D eigenvalue weighted by Crippen LogP contribution is 2.25. The molecule has 1 unspecified atom stereocenters.